The van der Waals surface area contributed by atoms with Crippen LogP contribution in [0, 0.1) is 0 Å². The lowest BCUT2D eigenvalue weighted by molar-refractivity contribution is -0.127. The molecule has 2 amide bonds. The Morgan fingerprint density at radius 3 is 2.29 bits per heavy atom. The van der Waals surface area contributed by atoms with Gasteiger partial charge in [-0.1, -0.05) is 0 Å². The number of likely N-dealkylation sites (N-methyl/N-ethyl adjacent to an activating group) is 1. The number of hydrogen-bond donors (Lipinski definition) is 2. The normalized spacial score (nSPS) is 9.62. The fourth-order valence-corrected chi connectivity index (χ4v) is 1.43. The maximum absolute atomic E-state index is 11.7. The van der Waals surface area contributed by atoms with E-state index in [1.54, 1.807) is 19.1 Å². The molecule has 0 aliphatic carbocycles. The van der Waals surface area contributed by atoms with Crippen LogP contribution in [0.2, 0.25) is 0 Å². The number of hydrogen-bond acceptors (Lipinski definition) is 5. The van der Waals surface area contributed by atoms with Crippen LogP contribution in [0.5, 0.6) is 5.75 Å². The molecule has 0 aromatic heterocycles. The van der Waals surface area contributed by atoms with Gasteiger partial charge in [0.1, 0.15) is 5.75 Å². The molecular formula is C14H18N2O5. The van der Waals surface area contributed by atoms with Gasteiger partial charge < -0.3 is 20.1 Å². The van der Waals surface area contributed by atoms with E-state index in [9.17, 15) is 14.4 Å². The molecule has 0 aliphatic rings. The van der Waals surface area contributed by atoms with E-state index in [1.807, 2.05) is 0 Å². The predicted octanol–water partition coefficient (Wildman–Crippen LogP) is 0.104. The van der Waals surface area contributed by atoms with Crippen molar-refractivity contribution in [3.63, 3.8) is 0 Å². The molecule has 1 rings (SSSR count). The minimum absolute atomic E-state index is 0.146. The molecule has 2 N–H and O–H groups in total. The van der Waals surface area contributed by atoms with E-state index < -0.39 is 18.5 Å². The van der Waals surface area contributed by atoms with Crippen LogP contribution in [-0.2, 0) is 14.3 Å². The van der Waals surface area contributed by atoms with Crippen LogP contribution in [0.4, 0.5) is 0 Å². The second-order valence-electron chi connectivity index (χ2n) is 4.03. The Kier molecular flexibility index (Phi) is 6.73. The van der Waals surface area contributed by atoms with Gasteiger partial charge in [-0.3, -0.25) is 9.59 Å². The summed E-state index contributed by atoms with van der Waals surface area (Å²) >= 11 is 0. The third-order valence-electron chi connectivity index (χ3n) is 2.48. The quantitative estimate of drug-likeness (QED) is 0.696. The Labute approximate surface area is 122 Å². The van der Waals surface area contributed by atoms with Gasteiger partial charge in [-0.25, -0.2) is 4.79 Å². The Morgan fingerprint density at radius 1 is 1.05 bits per heavy atom. The van der Waals surface area contributed by atoms with Crippen LogP contribution >= 0.6 is 0 Å². The van der Waals surface area contributed by atoms with Crippen molar-refractivity contribution in [1.82, 2.24) is 10.6 Å². The molecule has 0 saturated carbocycles. The largest absolute Gasteiger partial charge is 0.497 e. The van der Waals surface area contributed by atoms with Gasteiger partial charge in [-0.2, -0.15) is 0 Å². The summed E-state index contributed by atoms with van der Waals surface area (Å²) < 4.78 is 9.80. The topological polar surface area (TPSA) is 93.7 Å². The molecule has 1 aromatic rings. The molecule has 7 heteroatoms. The number of ether oxygens (including phenoxy) is 2. The minimum atomic E-state index is -0.620. The van der Waals surface area contributed by atoms with Crippen molar-refractivity contribution >= 4 is 17.8 Å². The molecule has 0 unspecified atom stereocenters. The van der Waals surface area contributed by atoms with Crippen molar-refractivity contribution in [3.8, 4) is 5.75 Å². The third kappa shape index (κ3) is 5.94. The first-order valence-electron chi connectivity index (χ1n) is 6.41. The second kappa shape index (κ2) is 8.57. The maximum atomic E-state index is 11.7. The lowest BCUT2D eigenvalue weighted by Crippen LogP contribution is -2.38. The van der Waals surface area contributed by atoms with Crippen molar-refractivity contribution in [3.05, 3.63) is 29.8 Å². The number of nitrogens with one attached hydrogen (secondary N) is 2. The van der Waals surface area contributed by atoms with Gasteiger partial charge in [-0.15, -0.1) is 0 Å². The van der Waals surface area contributed by atoms with Crippen LogP contribution in [0.25, 0.3) is 0 Å². The zero-order valence-electron chi connectivity index (χ0n) is 12.0. The van der Waals surface area contributed by atoms with E-state index in [0.29, 0.717) is 17.9 Å². The first-order chi connectivity index (χ1) is 10.1. The van der Waals surface area contributed by atoms with Gasteiger partial charge in [0.15, 0.2) is 6.61 Å². The summed E-state index contributed by atoms with van der Waals surface area (Å²) in [5, 5.41) is 4.87. The molecule has 114 valence electrons. The molecule has 0 aliphatic heterocycles. The molecule has 0 heterocycles. The fraction of sp³-hybridized carbons (Fsp3) is 0.357. The van der Waals surface area contributed by atoms with E-state index in [1.165, 1.54) is 19.2 Å². The van der Waals surface area contributed by atoms with E-state index in [-0.39, 0.29) is 12.5 Å². The number of methoxy groups -OCH3 is 1. The summed E-state index contributed by atoms with van der Waals surface area (Å²) in [5.41, 5.74) is 0.312. The summed E-state index contributed by atoms with van der Waals surface area (Å²) in [6.45, 7) is 1.68. The molecule has 21 heavy (non-hydrogen) atoms. The number of rotatable bonds is 7. The molecule has 0 spiro atoms. The number of amides is 2. The Balaban J connectivity index is 2.34. The van der Waals surface area contributed by atoms with Crippen LogP contribution < -0.4 is 15.4 Å². The second-order valence-corrected chi connectivity index (χ2v) is 4.03. The molecular weight excluding hydrogens is 276 g/mol. The number of carbonyl (C=O) groups is 3. The maximum Gasteiger partial charge on any atom is 0.338 e. The minimum Gasteiger partial charge on any atom is -0.497 e. The van der Waals surface area contributed by atoms with Crippen molar-refractivity contribution in [2.75, 3.05) is 26.8 Å². The van der Waals surface area contributed by atoms with Crippen LogP contribution in [-0.4, -0.2) is 44.6 Å². The molecule has 0 fully saturated rings. The third-order valence-corrected chi connectivity index (χ3v) is 2.48. The number of benzene rings is 1. The van der Waals surface area contributed by atoms with Gasteiger partial charge in [0.2, 0.25) is 5.91 Å². The smallest absolute Gasteiger partial charge is 0.338 e. The predicted molar refractivity (Wildman–Crippen MR) is 75.0 cm³/mol. The molecule has 0 radical (unpaired) electrons. The Morgan fingerprint density at radius 2 is 1.71 bits per heavy atom. The van der Waals surface area contributed by atoms with E-state index in [0.717, 1.165) is 0 Å². The number of carbonyl (C=O) groups excluding carboxylic acids is 3. The first kappa shape index (κ1) is 16.5. The zero-order valence-corrected chi connectivity index (χ0v) is 12.0. The molecule has 1 aromatic carbocycles. The van der Waals surface area contributed by atoms with Gasteiger partial charge >= 0.3 is 5.97 Å². The van der Waals surface area contributed by atoms with Gasteiger partial charge in [0.25, 0.3) is 5.91 Å². The highest BCUT2D eigenvalue weighted by atomic mass is 16.5. The highest BCUT2D eigenvalue weighted by Crippen LogP contribution is 2.11. The van der Waals surface area contributed by atoms with Crippen molar-refractivity contribution in [2.24, 2.45) is 0 Å². The summed E-state index contributed by atoms with van der Waals surface area (Å²) in [4.78, 5) is 34.2. The molecule has 0 bridgehead atoms. The highest BCUT2D eigenvalue weighted by Gasteiger charge is 2.11. The van der Waals surface area contributed by atoms with Crippen molar-refractivity contribution < 1.29 is 23.9 Å². The number of esters is 1. The SMILES string of the molecule is CCNC(=O)CNC(=O)COC(=O)c1ccc(OC)cc1. The fourth-order valence-electron chi connectivity index (χ4n) is 1.43. The van der Waals surface area contributed by atoms with Gasteiger partial charge in [-0.05, 0) is 31.2 Å². The summed E-state index contributed by atoms with van der Waals surface area (Å²) in [6.07, 6.45) is 0. The molecule has 0 saturated heterocycles. The summed E-state index contributed by atoms with van der Waals surface area (Å²) in [6, 6.07) is 6.30. The average molecular weight is 294 g/mol. The van der Waals surface area contributed by atoms with Crippen molar-refractivity contribution in [1.29, 1.82) is 0 Å². The lowest BCUT2D eigenvalue weighted by Gasteiger charge is -2.07. The van der Waals surface area contributed by atoms with Crippen molar-refractivity contribution in [2.45, 2.75) is 6.92 Å². The Hall–Kier alpha value is -2.57. The van der Waals surface area contributed by atoms with Crippen LogP contribution in [0.3, 0.4) is 0 Å². The summed E-state index contributed by atoms with van der Waals surface area (Å²) in [5.74, 6) is -0.840. The Bertz CT molecular complexity index is 499. The van der Waals surface area contributed by atoms with Crippen LogP contribution in [0.1, 0.15) is 17.3 Å². The van der Waals surface area contributed by atoms with Crippen LogP contribution in [0.15, 0.2) is 24.3 Å². The summed E-state index contributed by atoms with van der Waals surface area (Å²) in [7, 11) is 1.52. The first-order valence-corrected chi connectivity index (χ1v) is 6.41. The van der Waals surface area contributed by atoms with E-state index in [4.69, 9.17) is 9.47 Å². The average Bonchev–Trinajstić information content (AvgIpc) is 2.51. The van der Waals surface area contributed by atoms with Gasteiger partial charge in [0.05, 0.1) is 19.2 Å². The van der Waals surface area contributed by atoms with E-state index in [2.05, 4.69) is 10.6 Å². The monoisotopic (exact) mass is 294 g/mol. The molecule has 0 atom stereocenters. The highest BCUT2D eigenvalue weighted by molar-refractivity contribution is 5.92. The van der Waals surface area contributed by atoms with Gasteiger partial charge in [0, 0.05) is 6.54 Å². The zero-order chi connectivity index (χ0) is 15.7. The standard InChI is InChI=1S/C14H18N2O5/c1-3-15-12(17)8-16-13(18)9-21-14(19)10-4-6-11(20-2)7-5-10/h4-7H,3,8-9H2,1-2H3,(H,15,17)(H,16,18). The van der Waals surface area contributed by atoms with E-state index >= 15 is 0 Å². The molecule has 7 nitrogen and oxygen atoms in total. The lowest BCUT2D eigenvalue weighted by atomic mass is 10.2.